The Hall–Kier alpha value is -0.413. The molecule has 0 bridgehead atoms. The maximum atomic E-state index is 10.9. The van der Waals surface area contributed by atoms with Crippen molar-refractivity contribution in [2.45, 2.75) is 26.9 Å². The summed E-state index contributed by atoms with van der Waals surface area (Å²) in [5, 5.41) is 0.119. The fraction of sp³-hybridized carbons (Fsp3) is 0.571. The normalized spacial score (nSPS) is 11.2. The average Bonchev–Trinajstić information content (AvgIpc) is 1.82. The highest BCUT2D eigenvalue weighted by Crippen LogP contribution is 1.91. The SMILES string of the molecule is C=C(C)C(=O)[SiH2]OC(C)C. The Morgan fingerprint density at radius 1 is 1.60 bits per heavy atom. The van der Waals surface area contributed by atoms with Gasteiger partial charge in [-0.2, -0.15) is 0 Å². The van der Waals surface area contributed by atoms with Crippen LogP contribution < -0.4 is 0 Å². The van der Waals surface area contributed by atoms with Gasteiger partial charge in [0.15, 0.2) is 5.41 Å². The van der Waals surface area contributed by atoms with E-state index in [0.29, 0.717) is 5.57 Å². The van der Waals surface area contributed by atoms with Gasteiger partial charge in [0.05, 0.1) is 0 Å². The van der Waals surface area contributed by atoms with Crippen LogP contribution in [0.25, 0.3) is 0 Å². The summed E-state index contributed by atoms with van der Waals surface area (Å²) in [5.74, 6) is 0. The van der Waals surface area contributed by atoms with Crippen LogP contribution in [0.15, 0.2) is 12.2 Å². The first-order valence-electron chi connectivity index (χ1n) is 3.34. The minimum Gasteiger partial charge on any atom is -0.412 e. The first-order chi connectivity index (χ1) is 4.54. The van der Waals surface area contributed by atoms with Crippen LogP contribution in [0.5, 0.6) is 0 Å². The summed E-state index contributed by atoms with van der Waals surface area (Å²) in [6.07, 6.45) is 0.176. The predicted octanol–water partition coefficient (Wildman–Crippen LogP) is 0.598. The fourth-order valence-electron chi connectivity index (χ4n) is 0.366. The van der Waals surface area contributed by atoms with Crippen LogP contribution in [-0.2, 0) is 9.22 Å². The third-order valence-corrected chi connectivity index (χ3v) is 2.72. The molecule has 0 aromatic rings. The van der Waals surface area contributed by atoms with Crippen LogP contribution in [0.1, 0.15) is 20.8 Å². The Morgan fingerprint density at radius 3 is 2.40 bits per heavy atom. The van der Waals surface area contributed by atoms with Gasteiger partial charge in [0.2, 0.25) is 9.76 Å². The zero-order chi connectivity index (χ0) is 8.15. The van der Waals surface area contributed by atoms with E-state index in [2.05, 4.69) is 6.58 Å². The van der Waals surface area contributed by atoms with E-state index < -0.39 is 9.76 Å². The number of allylic oxidation sites excluding steroid dienone is 1. The standard InChI is InChI=1S/C7H14O2Si/c1-5(2)7(8)10-9-6(3)4/h6H,1,10H2,2-4H3. The molecule has 2 nitrogen and oxygen atoms in total. The molecule has 0 aromatic heterocycles. The molecule has 0 aliphatic carbocycles. The van der Waals surface area contributed by atoms with Crippen LogP contribution in [-0.4, -0.2) is 21.3 Å². The van der Waals surface area contributed by atoms with Crippen molar-refractivity contribution < 1.29 is 9.22 Å². The Balaban J connectivity index is 3.50. The lowest BCUT2D eigenvalue weighted by Crippen LogP contribution is -2.17. The van der Waals surface area contributed by atoms with Gasteiger partial charge in [-0.05, 0) is 26.3 Å². The summed E-state index contributed by atoms with van der Waals surface area (Å²) in [6, 6.07) is 0. The fourth-order valence-corrected chi connectivity index (χ4v) is 1.10. The minimum atomic E-state index is -0.998. The van der Waals surface area contributed by atoms with Crippen molar-refractivity contribution in [3.05, 3.63) is 12.2 Å². The largest absolute Gasteiger partial charge is 0.412 e. The van der Waals surface area contributed by atoms with Gasteiger partial charge in [0.25, 0.3) is 0 Å². The quantitative estimate of drug-likeness (QED) is 0.442. The lowest BCUT2D eigenvalue weighted by Gasteiger charge is -2.04. The Labute approximate surface area is 64.2 Å². The molecule has 3 heteroatoms. The van der Waals surface area contributed by atoms with Gasteiger partial charge < -0.3 is 4.43 Å². The maximum absolute atomic E-state index is 10.9. The lowest BCUT2D eigenvalue weighted by molar-refractivity contribution is -0.109. The summed E-state index contributed by atoms with van der Waals surface area (Å²) in [6.45, 7) is 9.12. The smallest absolute Gasteiger partial charge is 0.240 e. The van der Waals surface area contributed by atoms with Crippen LogP contribution in [0, 0.1) is 0 Å². The number of hydrogen-bond donors (Lipinski definition) is 0. The van der Waals surface area contributed by atoms with Crippen molar-refractivity contribution in [3.8, 4) is 0 Å². The van der Waals surface area contributed by atoms with Gasteiger partial charge in [-0.3, -0.25) is 4.79 Å². The Bertz CT molecular complexity index is 141. The molecule has 0 N–H and O–H groups in total. The highest BCUT2D eigenvalue weighted by Gasteiger charge is 2.03. The molecule has 0 saturated carbocycles. The molecule has 0 spiro atoms. The molecule has 10 heavy (non-hydrogen) atoms. The summed E-state index contributed by atoms with van der Waals surface area (Å²) in [4.78, 5) is 10.9. The minimum absolute atomic E-state index is 0.119. The third-order valence-electron chi connectivity index (χ3n) is 1.02. The van der Waals surface area contributed by atoms with Crippen molar-refractivity contribution in [1.82, 2.24) is 0 Å². The number of rotatable bonds is 4. The van der Waals surface area contributed by atoms with Crippen molar-refractivity contribution in [3.63, 3.8) is 0 Å². The van der Waals surface area contributed by atoms with Gasteiger partial charge in [0.1, 0.15) is 0 Å². The van der Waals surface area contributed by atoms with Crippen LogP contribution in [0.3, 0.4) is 0 Å². The van der Waals surface area contributed by atoms with Gasteiger partial charge in [0, 0.05) is 6.10 Å². The van der Waals surface area contributed by atoms with Crippen molar-refractivity contribution in [2.24, 2.45) is 0 Å². The lowest BCUT2D eigenvalue weighted by atomic mass is 10.4. The second-order valence-corrected chi connectivity index (χ2v) is 3.83. The summed E-state index contributed by atoms with van der Waals surface area (Å²) < 4.78 is 5.19. The number of carbonyl (C=O) groups excluding carboxylic acids is 1. The molecule has 0 atom stereocenters. The summed E-state index contributed by atoms with van der Waals surface area (Å²) >= 11 is 0. The van der Waals surface area contributed by atoms with Gasteiger partial charge in [-0.25, -0.2) is 0 Å². The number of hydrogen-bond acceptors (Lipinski definition) is 2. The molecule has 0 aliphatic rings. The molecule has 0 aliphatic heterocycles. The van der Waals surface area contributed by atoms with E-state index in [9.17, 15) is 4.79 Å². The second-order valence-electron chi connectivity index (χ2n) is 2.56. The van der Waals surface area contributed by atoms with Gasteiger partial charge in [-0.15, -0.1) is 0 Å². The average molecular weight is 158 g/mol. The molecule has 0 unspecified atom stereocenters. The molecule has 0 radical (unpaired) electrons. The van der Waals surface area contributed by atoms with E-state index in [1.807, 2.05) is 13.8 Å². The van der Waals surface area contributed by atoms with E-state index in [4.69, 9.17) is 4.43 Å². The van der Waals surface area contributed by atoms with E-state index in [-0.39, 0.29) is 11.5 Å². The van der Waals surface area contributed by atoms with Crippen LogP contribution >= 0.6 is 0 Å². The first-order valence-corrected chi connectivity index (χ1v) is 4.62. The van der Waals surface area contributed by atoms with Gasteiger partial charge >= 0.3 is 0 Å². The Kier molecular flexibility index (Phi) is 4.23. The molecule has 0 saturated heterocycles. The zero-order valence-corrected chi connectivity index (χ0v) is 8.22. The molecule has 0 aromatic carbocycles. The monoisotopic (exact) mass is 158 g/mol. The third kappa shape index (κ3) is 4.46. The van der Waals surface area contributed by atoms with Gasteiger partial charge in [-0.1, -0.05) is 6.58 Å². The van der Waals surface area contributed by atoms with Crippen molar-refractivity contribution in [2.75, 3.05) is 0 Å². The molecule has 58 valence electrons. The molecule has 0 rings (SSSR count). The second kappa shape index (κ2) is 4.41. The number of carbonyl (C=O) groups is 1. The molecule has 0 fully saturated rings. The van der Waals surface area contributed by atoms with E-state index in [0.717, 1.165) is 0 Å². The molecular formula is C7H14O2Si. The summed E-state index contributed by atoms with van der Waals surface area (Å²) in [5.41, 5.74) is 0.618. The first kappa shape index (κ1) is 9.59. The maximum Gasteiger partial charge on any atom is 0.240 e. The van der Waals surface area contributed by atoms with E-state index in [1.165, 1.54) is 0 Å². The zero-order valence-electron chi connectivity index (χ0n) is 6.81. The topological polar surface area (TPSA) is 26.3 Å². The molecular weight excluding hydrogens is 144 g/mol. The van der Waals surface area contributed by atoms with Crippen molar-refractivity contribution in [1.29, 1.82) is 0 Å². The van der Waals surface area contributed by atoms with E-state index in [1.54, 1.807) is 6.92 Å². The highest BCUT2D eigenvalue weighted by molar-refractivity contribution is 6.72. The highest BCUT2D eigenvalue weighted by atomic mass is 28.2. The predicted molar refractivity (Wildman–Crippen MR) is 44.6 cm³/mol. The van der Waals surface area contributed by atoms with Crippen molar-refractivity contribution >= 4 is 15.2 Å². The van der Waals surface area contributed by atoms with Crippen LogP contribution in [0.2, 0.25) is 0 Å². The molecule has 0 heterocycles. The summed E-state index contributed by atoms with van der Waals surface area (Å²) in [7, 11) is -0.998. The van der Waals surface area contributed by atoms with Crippen LogP contribution in [0.4, 0.5) is 0 Å². The molecule has 0 amide bonds. The Morgan fingerprint density at radius 2 is 2.10 bits per heavy atom. The van der Waals surface area contributed by atoms with E-state index >= 15 is 0 Å².